The molecule has 248 valence electrons. The lowest BCUT2D eigenvalue weighted by Crippen LogP contribution is -2.69. The third-order valence-corrected chi connectivity index (χ3v) is 14.6. The fourth-order valence-corrected chi connectivity index (χ4v) is 12.7. The summed E-state index contributed by atoms with van der Waals surface area (Å²) in [5, 5.41) is 15.0. The molecule has 9 rings (SSSR count). The summed E-state index contributed by atoms with van der Waals surface area (Å²) in [6.45, 7) is 0. The highest BCUT2D eigenvalue weighted by Crippen LogP contribution is 2.68. The molecule has 0 radical (unpaired) electrons. The van der Waals surface area contributed by atoms with Crippen LogP contribution in [0, 0.1) is 0 Å². The van der Waals surface area contributed by atoms with Gasteiger partial charge in [0, 0.05) is 19.2 Å². The van der Waals surface area contributed by atoms with Gasteiger partial charge in [-0.25, -0.2) is 0 Å². The quantitative estimate of drug-likeness (QED) is 0.137. The van der Waals surface area contributed by atoms with E-state index in [4.69, 9.17) is 0 Å². The molecule has 1 aliphatic carbocycles. The second kappa shape index (κ2) is 11.7. The maximum atomic E-state index is 15.0. The van der Waals surface area contributed by atoms with E-state index in [0.717, 1.165) is 45.5 Å². The van der Waals surface area contributed by atoms with Crippen molar-refractivity contribution in [1.82, 2.24) is 9.80 Å². The van der Waals surface area contributed by atoms with Crippen LogP contribution in [-0.2, 0) is 26.2 Å². The van der Waals surface area contributed by atoms with Crippen LogP contribution >= 0.6 is 21.6 Å². The van der Waals surface area contributed by atoms with Crippen LogP contribution in [0.5, 0.6) is 0 Å². The van der Waals surface area contributed by atoms with Crippen molar-refractivity contribution in [2.45, 2.75) is 40.3 Å². The second-order valence-corrected chi connectivity index (χ2v) is 16.1. The first-order valence-electron chi connectivity index (χ1n) is 16.9. The lowest BCUT2D eigenvalue weighted by atomic mass is 9.70. The molecule has 0 unspecified atom stereocenters. The SMILES string of the molecule is CN1C(=O)[C@@]2(SSC(c3ccccc3)(c3ccccc3)c3ccccc3)C[C@]3(C4=CCc5ccccc54)c4ccccc4N[C@@H]3N2C(=O)[C@H]1O. The number of aliphatic hydroxyl groups excluding tert-OH is 1. The summed E-state index contributed by atoms with van der Waals surface area (Å²) < 4.78 is -0.748. The number of amides is 2. The number of rotatable bonds is 7. The second-order valence-electron chi connectivity index (χ2n) is 13.4. The van der Waals surface area contributed by atoms with E-state index in [9.17, 15) is 9.90 Å². The number of likely N-dealkylation sites (N-methyl/N-ethyl adjacent to an activating group) is 1. The van der Waals surface area contributed by atoms with Crippen molar-refractivity contribution in [3.05, 3.63) is 179 Å². The standard InChI is InChI=1S/C42H35N3O3S2/c1-44-36(46)37(47)45-38-40(34-23-13-14-24-35(34)43-38,33-26-25-28-15-11-12-22-32(28)33)27-41(45,39(44)48)49-50-42(29-16-5-2-6-17-29,30-18-7-3-8-19-30)31-20-9-4-10-21-31/h2-24,26,36,38,43,46H,25,27H2,1H3/t36-,38-,40+,41+/m1/s1. The summed E-state index contributed by atoms with van der Waals surface area (Å²) in [5.74, 6) is -0.769. The van der Waals surface area contributed by atoms with Crippen molar-refractivity contribution in [3.63, 3.8) is 0 Å². The molecular formula is C42H35N3O3S2. The van der Waals surface area contributed by atoms with E-state index in [2.05, 4.69) is 78.1 Å². The smallest absolute Gasteiger partial charge is 0.275 e. The van der Waals surface area contributed by atoms with Crippen molar-refractivity contribution in [1.29, 1.82) is 0 Å². The fourth-order valence-electron chi connectivity index (χ4n) is 8.72. The van der Waals surface area contributed by atoms with E-state index in [1.54, 1.807) is 22.7 Å². The van der Waals surface area contributed by atoms with Gasteiger partial charge in [-0.2, -0.15) is 0 Å². The molecule has 0 bridgehead atoms. The lowest BCUT2D eigenvalue weighted by molar-refractivity contribution is -0.175. The van der Waals surface area contributed by atoms with Gasteiger partial charge in [-0.3, -0.25) is 14.5 Å². The Labute approximate surface area is 299 Å². The minimum atomic E-state index is -1.59. The Morgan fingerprint density at radius 3 is 1.96 bits per heavy atom. The molecule has 3 aliphatic heterocycles. The number of nitrogens with zero attached hydrogens (tertiary/aromatic N) is 2. The molecule has 50 heavy (non-hydrogen) atoms. The fraction of sp³-hybridized carbons (Fsp3) is 0.190. The average Bonchev–Trinajstić information content (AvgIpc) is 3.83. The zero-order chi connectivity index (χ0) is 34.1. The molecule has 2 fully saturated rings. The van der Waals surface area contributed by atoms with Gasteiger partial charge in [0.15, 0.2) is 4.87 Å². The molecule has 8 heteroatoms. The first kappa shape index (κ1) is 31.2. The summed E-state index contributed by atoms with van der Waals surface area (Å²) >= 11 is 0. The number of piperazine rings is 1. The number of anilines is 1. The highest BCUT2D eigenvalue weighted by atomic mass is 33.1. The first-order chi connectivity index (χ1) is 24.4. The Morgan fingerprint density at radius 2 is 1.32 bits per heavy atom. The number of hydrogen-bond donors (Lipinski definition) is 2. The minimum absolute atomic E-state index is 0.287. The normalized spacial score (nSPS) is 25.0. The zero-order valence-corrected chi connectivity index (χ0v) is 29.0. The number of benzene rings is 5. The molecule has 5 aromatic rings. The van der Waals surface area contributed by atoms with Crippen LogP contribution in [0.2, 0.25) is 0 Å². The van der Waals surface area contributed by atoms with E-state index in [1.165, 1.54) is 21.3 Å². The Kier molecular flexibility index (Phi) is 7.28. The summed E-state index contributed by atoms with van der Waals surface area (Å²) in [6.07, 6.45) is 1.21. The predicted octanol–water partition coefficient (Wildman–Crippen LogP) is 7.41. The number of para-hydroxylation sites is 1. The lowest BCUT2D eigenvalue weighted by Gasteiger charge is -2.48. The number of hydrogen-bond acceptors (Lipinski definition) is 6. The molecule has 0 spiro atoms. The molecule has 2 saturated heterocycles. The van der Waals surface area contributed by atoms with Crippen molar-refractivity contribution >= 4 is 44.7 Å². The van der Waals surface area contributed by atoms with Gasteiger partial charge in [-0.1, -0.05) is 161 Å². The summed E-state index contributed by atoms with van der Waals surface area (Å²) in [7, 11) is 4.59. The van der Waals surface area contributed by atoms with Gasteiger partial charge in [0.05, 0.1) is 5.41 Å². The van der Waals surface area contributed by atoms with Gasteiger partial charge in [-0.15, -0.1) is 0 Å². The molecule has 5 aromatic carbocycles. The molecule has 6 nitrogen and oxygen atoms in total. The van der Waals surface area contributed by atoms with E-state index < -0.39 is 33.3 Å². The van der Waals surface area contributed by atoms with E-state index in [-0.39, 0.29) is 5.91 Å². The highest BCUT2D eigenvalue weighted by molar-refractivity contribution is 8.77. The Morgan fingerprint density at radius 1 is 0.760 bits per heavy atom. The number of allylic oxidation sites excluding steroid dienone is 1. The molecule has 0 aromatic heterocycles. The number of aliphatic hydroxyl groups is 1. The zero-order valence-electron chi connectivity index (χ0n) is 27.4. The van der Waals surface area contributed by atoms with Gasteiger partial charge >= 0.3 is 0 Å². The van der Waals surface area contributed by atoms with Gasteiger partial charge in [-0.05, 0) is 51.4 Å². The van der Waals surface area contributed by atoms with E-state index in [0.29, 0.717) is 6.42 Å². The van der Waals surface area contributed by atoms with Crippen molar-refractivity contribution < 1.29 is 14.7 Å². The van der Waals surface area contributed by atoms with Gasteiger partial charge in [0.1, 0.15) is 10.9 Å². The maximum Gasteiger partial charge on any atom is 0.275 e. The first-order valence-corrected chi connectivity index (χ1v) is 19.0. The molecule has 2 amide bonds. The molecule has 4 aliphatic rings. The third kappa shape index (κ3) is 4.22. The third-order valence-electron chi connectivity index (χ3n) is 11.0. The van der Waals surface area contributed by atoms with Gasteiger partial charge < -0.3 is 15.3 Å². The number of fused-ring (bicyclic) bond motifs is 6. The van der Waals surface area contributed by atoms with Crippen LogP contribution in [0.3, 0.4) is 0 Å². The summed E-state index contributed by atoms with van der Waals surface area (Å²) in [5.41, 5.74) is 7.92. The predicted molar refractivity (Wildman–Crippen MR) is 201 cm³/mol. The maximum absolute atomic E-state index is 15.0. The molecule has 0 saturated carbocycles. The minimum Gasteiger partial charge on any atom is -0.365 e. The highest BCUT2D eigenvalue weighted by Gasteiger charge is 2.73. The van der Waals surface area contributed by atoms with Crippen molar-refractivity contribution in [2.75, 3.05) is 12.4 Å². The number of carbonyl (C=O) groups is 2. The largest absolute Gasteiger partial charge is 0.365 e. The molecular weight excluding hydrogens is 659 g/mol. The molecule has 3 heterocycles. The van der Waals surface area contributed by atoms with Crippen LogP contribution in [-0.4, -0.2) is 51.0 Å². The topological polar surface area (TPSA) is 72.9 Å². The van der Waals surface area contributed by atoms with Crippen LogP contribution < -0.4 is 5.32 Å². The number of nitrogens with one attached hydrogen (secondary N) is 1. The summed E-state index contributed by atoms with van der Waals surface area (Å²) in [6, 6.07) is 47.8. The monoisotopic (exact) mass is 693 g/mol. The van der Waals surface area contributed by atoms with Gasteiger partial charge in [0.2, 0.25) is 6.23 Å². The average molecular weight is 694 g/mol. The van der Waals surface area contributed by atoms with Crippen LogP contribution in [0.15, 0.2) is 146 Å². The summed E-state index contributed by atoms with van der Waals surface area (Å²) in [4.78, 5) is 31.2. The van der Waals surface area contributed by atoms with Crippen LogP contribution in [0.25, 0.3) is 5.57 Å². The van der Waals surface area contributed by atoms with Gasteiger partial charge in [0.25, 0.3) is 11.8 Å². The van der Waals surface area contributed by atoms with Crippen molar-refractivity contribution in [2.24, 2.45) is 0 Å². The van der Waals surface area contributed by atoms with Crippen LogP contribution in [0.4, 0.5) is 5.69 Å². The Hall–Kier alpha value is -4.76. The Balaban J connectivity index is 1.27. The van der Waals surface area contributed by atoms with E-state index >= 15 is 4.79 Å². The number of carbonyl (C=O) groups excluding carboxylic acids is 2. The van der Waals surface area contributed by atoms with Crippen molar-refractivity contribution in [3.8, 4) is 0 Å². The molecule has 2 N–H and O–H groups in total. The van der Waals surface area contributed by atoms with E-state index in [1.807, 2.05) is 72.8 Å². The molecule has 4 atom stereocenters. The Bertz CT molecular complexity index is 2060. The van der Waals surface area contributed by atoms with Crippen LogP contribution in [0.1, 0.15) is 39.8 Å².